The van der Waals surface area contributed by atoms with Gasteiger partial charge >= 0.3 is 6.03 Å². The molecule has 0 radical (unpaired) electrons. The normalized spacial score (nSPS) is 18.7. The number of nitrogens with zero attached hydrogens (tertiary/aromatic N) is 1. The van der Waals surface area contributed by atoms with E-state index in [1.165, 1.54) is 6.42 Å². The molecule has 1 atom stereocenters. The zero-order valence-corrected chi connectivity index (χ0v) is 13.8. The third-order valence-electron chi connectivity index (χ3n) is 3.44. The molecule has 1 heterocycles. The smallest absolute Gasteiger partial charge is 0.321 e. The number of likely N-dealkylation sites (tertiary alicyclic amines) is 1. The van der Waals surface area contributed by atoms with E-state index in [0.717, 1.165) is 35.2 Å². The first kappa shape index (κ1) is 15.3. The van der Waals surface area contributed by atoms with Crippen LogP contribution in [0.3, 0.4) is 0 Å². The summed E-state index contributed by atoms with van der Waals surface area (Å²) in [5, 5.41) is 2.92. The Morgan fingerprint density at radius 2 is 2.30 bits per heavy atom. The summed E-state index contributed by atoms with van der Waals surface area (Å²) < 4.78 is 0.779. The van der Waals surface area contributed by atoms with Crippen molar-refractivity contribution in [1.29, 1.82) is 0 Å². The van der Waals surface area contributed by atoms with Gasteiger partial charge in [0.2, 0.25) is 0 Å². The van der Waals surface area contributed by atoms with Crippen LogP contribution in [0.1, 0.15) is 25.3 Å². The van der Waals surface area contributed by atoms with Crippen LogP contribution in [0.15, 0.2) is 22.7 Å². The Morgan fingerprint density at radius 1 is 1.55 bits per heavy atom. The van der Waals surface area contributed by atoms with Crippen molar-refractivity contribution >= 4 is 44.9 Å². The molecule has 0 saturated carbocycles. The molecule has 2 amide bonds. The van der Waals surface area contributed by atoms with Gasteiger partial charge in [-0.3, -0.25) is 0 Å². The van der Waals surface area contributed by atoms with Gasteiger partial charge < -0.3 is 16.0 Å². The number of hydrogen-bond acceptors (Lipinski definition) is 2. The molecule has 6 heteroatoms. The maximum absolute atomic E-state index is 12.2. The van der Waals surface area contributed by atoms with Crippen molar-refractivity contribution in [3.8, 4) is 0 Å². The summed E-state index contributed by atoms with van der Waals surface area (Å²) in [6, 6.07) is 5.38. The number of anilines is 1. The first-order valence-electron chi connectivity index (χ1n) is 6.62. The number of halogens is 1. The molecule has 1 aliphatic heterocycles. The van der Waals surface area contributed by atoms with Gasteiger partial charge in [-0.25, -0.2) is 4.79 Å². The second-order valence-electron chi connectivity index (χ2n) is 5.18. The number of thiocarbonyl (C=S) groups is 1. The van der Waals surface area contributed by atoms with Crippen molar-refractivity contribution in [2.24, 2.45) is 11.7 Å². The molecule has 0 aliphatic carbocycles. The number of carbonyl (C=O) groups is 1. The monoisotopic (exact) mass is 355 g/mol. The molecule has 20 heavy (non-hydrogen) atoms. The Bertz CT molecular complexity index is 535. The van der Waals surface area contributed by atoms with Crippen LogP contribution in [0, 0.1) is 5.92 Å². The maximum atomic E-state index is 12.2. The largest absolute Gasteiger partial charge is 0.389 e. The van der Waals surface area contributed by atoms with E-state index in [1.807, 2.05) is 23.1 Å². The number of urea groups is 1. The minimum atomic E-state index is -0.0553. The van der Waals surface area contributed by atoms with E-state index in [4.69, 9.17) is 18.0 Å². The maximum Gasteiger partial charge on any atom is 0.321 e. The van der Waals surface area contributed by atoms with Gasteiger partial charge in [-0.05, 0) is 52.9 Å². The predicted octanol–water partition coefficient (Wildman–Crippen LogP) is 3.35. The molecule has 1 saturated heterocycles. The Balaban J connectivity index is 2.06. The fourth-order valence-corrected chi connectivity index (χ4v) is 2.94. The summed E-state index contributed by atoms with van der Waals surface area (Å²) in [5.41, 5.74) is 7.09. The first-order valence-corrected chi connectivity index (χ1v) is 7.83. The van der Waals surface area contributed by atoms with Crippen molar-refractivity contribution in [2.75, 3.05) is 18.4 Å². The van der Waals surface area contributed by atoms with Crippen LogP contribution in [-0.2, 0) is 0 Å². The van der Waals surface area contributed by atoms with Crippen LogP contribution in [0.5, 0.6) is 0 Å². The van der Waals surface area contributed by atoms with Gasteiger partial charge in [0.1, 0.15) is 4.99 Å². The van der Waals surface area contributed by atoms with E-state index in [0.29, 0.717) is 10.9 Å². The van der Waals surface area contributed by atoms with Gasteiger partial charge in [-0.15, -0.1) is 0 Å². The molecule has 0 aromatic heterocycles. The van der Waals surface area contributed by atoms with Crippen molar-refractivity contribution in [2.45, 2.75) is 19.8 Å². The van der Waals surface area contributed by atoms with Crippen LogP contribution in [0.25, 0.3) is 0 Å². The average molecular weight is 356 g/mol. The molecular weight excluding hydrogens is 338 g/mol. The number of piperidine rings is 1. The Kier molecular flexibility index (Phi) is 4.99. The van der Waals surface area contributed by atoms with Crippen LogP contribution in [0.4, 0.5) is 10.5 Å². The lowest BCUT2D eigenvalue weighted by Crippen LogP contribution is -2.41. The lowest BCUT2D eigenvalue weighted by Gasteiger charge is -2.31. The molecule has 108 valence electrons. The third kappa shape index (κ3) is 3.70. The number of carbonyl (C=O) groups excluding carboxylic acids is 1. The number of benzene rings is 1. The van der Waals surface area contributed by atoms with Crippen molar-refractivity contribution in [3.05, 3.63) is 28.2 Å². The third-order valence-corrected chi connectivity index (χ3v) is 4.33. The van der Waals surface area contributed by atoms with Gasteiger partial charge in [0.15, 0.2) is 0 Å². The molecule has 1 aromatic rings. The van der Waals surface area contributed by atoms with Crippen LogP contribution in [0.2, 0.25) is 0 Å². The van der Waals surface area contributed by atoms with E-state index >= 15 is 0 Å². The molecule has 3 N–H and O–H groups in total. The zero-order chi connectivity index (χ0) is 14.7. The van der Waals surface area contributed by atoms with Gasteiger partial charge in [0.05, 0.1) is 5.69 Å². The van der Waals surface area contributed by atoms with Crippen LogP contribution >= 0.6 is 28.1 Å². The van der Waals surface area contributed by atoms with E-state index in [1.54, 1.807) is 0 Å². The fraction of sp³-hybridized carbons (Fsp3) is 0.429. The van der Waals surface area contributed by atoms with Crippen molar-refractivity contribution in [1.82, 2.24) is 4.90 Å². The highest BCUT2D eigenvalue weighted by atomic mass is 79.9. The standard InChI is InChI=1S/C14H18BrN3OS/c1-9-3-2-6-18(8-9)14(19)17-12-5-4-10(13(16)20)7-11(12)15/h4-5,7,9H,2-3,6,8H2,1H3,(H2,16,20)(H,17,19). The van der Waals surface area contributed by atoms with E-state index in [-0.39, 0.29) is 6.03 Å². The van der Waals surface area contributed by atoms with E-state index in [2.05, 4.69) is 28.2 Å². The molecule has 0 spiro atoms. The Hall–Kier alpha value is -1.14. The van der Waals surface area contributed by atoms with E-state index in [9.17, 15) is 4.79 Å². The molecule has 1 fully saturated rings. The van der Waals surface area contributed by atoms with Crippen molar-refractivity contribution < 1.29 is 4.79 Å². The average Bonchev–Trinajstić information content (AvgIpc) is 2.40. The number of nitrogens with one attached hydrogen (secondary N) is 1. The summed E-state index contributed by atoms with van der Waals surface area (Å²) >= 11 is 8.36. The summed E-state index contributed by atoms with van der Waals surface area (Å²) in [4.78, 5) is 14.4. The molecule has 2 rings (SSSR count). The SMILES string of the molecule is CC1CCCN(C(=O)Nc2ccc(C(N)=S)cc2Br)C1. The van der Waals surface area contributed by atoms with Crippen LogP contribution in [-0.4, -0.2) is 29.0 Å². The topological polar surface area (TPSA) is 58.4 Å². The molecular formula is C14H18BrN3OS. The molecule has 1 aromatic carbocycles. The first-order chi connectivity index (χ1) is 9.47. The molecule has 1 unspecified atom stereocenters. The number of nitrogens with two attached hydrogens (primary N) is 1. The quantitative estimate of drug-likeness (QED) is 0.799. The minimum absolute atomic E-state index is 0.0553. The predicted molar refractivity (Wildman–Crippen MR) is 89.0 cm³/mol. The minimum Gasteiger partial charge on any atom is -0.389 e. The van der Waals surface area contributed by atoms with Gasteiger partial charge in [-0.1, -0.05) is 19.1 Å². The van der Waals surface area contributed by atoms with E-state index < -0.39 is 0 Å². The summed E-state index contributed by atoms with van der Waals surface area (Å²) in [6.07, 6.45) is 2.26. The number of hydrogen-bond donors (Lipinski definition) is 2. The lowest BCUT2D eigenvalue weighted by atomic mass is 10.0. The second-order valence-corrected chi connectivity index (χ2v) is 6.48. The number of amides is 2. The van der Waals surface area contributed by atoms with Gasteiger partial charge in [0, 0.05) is 23.1 Å². The van der Waals surface area contributed by atoms with Gasteiger partial charge in [-0.2, -0.15) is 0 Å². The highest BCUT2D eigenvalue weighted by Crippen LogP contribution is 2.25. The summed E-state index contributed by atoms with van der Waals surface area (Å²) in [5.74, 6) is 0.565. The Labute approximate surface area is 132 Å². The highest BCUT2D eigenvalue weighted by molar-refractivity contribution is 9.10. The zero-order valence-electron chi connectivity index (χ0n) is 11.4. The number of rotatable bonds is 2. The molecule has 4 nitrogen and oxygen atoms in total. The molecule has 1 aliphatic rings. The molecule has 0 bridgehead atoms. The highest BCUT2D eigenvalue weighted by Gasteiger charge is 2.21. The van der Waals surface area contributed by atoms with Crippen LogP contribution < -0.4 is 11.1 Å². The Morgan fingerprint density at radius 3 is 2.90 bits per heavy atom. The second kappa shape index (κ2) is 6.54. The van der Waals surface area contributed by atoms with Gasteiger partial charge in [0.25, 0.3) is 0 Å². The lowest BCUT2D eigenvalue weighted by molar-refractivity contribution is 0.182. The van der Waals surface area contributed by atoms with Crippen molar-refractivity contribution in [3.63, 3.8) is 0 Å². The fourth-order valence-electron chi connectivity index (χ4n) is 2.34. The summed E-state index contributed by atoms with van der Waals surface area (Å²) in [6.45, 7) is 3.81. The summed E-state index contributed by atoms with van der Waals surface area (Å²) in [7, 11) is 0.